The average Bonchev–Trinajstić information content (AvgIpc) is 2.37. The number of piperidine rings is 1. The predicted octanol–water partition coefficient (Wildman–Crippen LogP) is 3.57. The van der Waals surface area contributed by atoms with E-state index in [-0.39, 0.29) is 24.2 Å². The Balaban J connectivity index is 0.00000242. The molecule has 1 saturated heterocycles. The van der Waals surface area contributed by atoms with E-state index in [0.717, 1.165) is 31.5 Å². The number of halogens is 4. The molecule has 7 heteroatoms. The second kappa shape index (κ2) is 8.04. The summed E-state index contributed by atoms with van der Waals surface area (Å²) in [4.78, 5) is 2.24. The van der Waals surface area contributed by atoms with Crippen LogP contribution in [-0.2, 0) is 6.54 Å². The molecule has 1 aliphatic heterocycles. The van der Waals surface area contributed by atoms with Gasteiger partial charge in [-0.15, -0.1) is 25.6 Å². The Kier molecular flexibility index (Phi) is 6.97. The number of ether oxygens (including phenoxy) is 1. The molecule has 0 radical (unpaired) electrons. The zero-order valence-electron chi connectivity index (χ0n) is 12.5. The fraction of sp³-hybridized carbons (Fsp3) is 0.600. The second-order valence-corrected chi connectivity index (χ2v) is 5.69. The molecule has 1 fully saturated rings. The summed E-state index contributed by atoms with van der Waals surface area (Å²) in [6.45, 7) is 4.47. The van der Waals surface area contributed by atoms with Crippen molar-refractivity contribution in [3.05, 3.63) is 29.8 Å². The van der Waals surface area contributed by atoms with Crippen LogP contribution in [0.2, 0.25) is 0 Å². The van der Waals surface area contributed by atoms with E-state index in [1.165, 1.54) is 12.1 Å². The number of alkyl halides is 3. The van der Waals surface area contributed by atoms with Crippen LogP contribution in [0.25, 0.3) is 0 Å². The monoisotopic (exact) mass is 338 g/mol. The quantitative estimate of drug-likeness (QED) is 0.912. The highest BCUT2D eigenvalue weighted by Gasteiger charge is 2.31. The molecule has 3 nitrogen and oxygen atoms in total. The van der Waals surface area contributed by atoms with Crippen molar-refractivity contribution in [1.82, 2.24) is 4.90 Å². The van der Waals surface area contributed by atoms with Gasteiger partial charge in [0.15, 0.2) is 0 Å². The number of nitrogens with two attached hydrogens (primary N) is 1. The minimum absolute atomic E-state index is 0. The molecule has 1 aromatic carbocycles. The van der Waals surface area contributed by atoms with Gasteiger partial charge in [-0.2, -0.15) is 0 Å². The predicted molar refractivity (Wildman–Crippen MR) is 82.0 cm³/mol. The van der Waals surface area contributed by atoms with E-state index in [9.17, 15) is 13.2 Å². The standard InChI is InChI=1S/C15H21F3N2O.ClH/c1-11(19)13-5-3-7-20(10-13)9-12-4-2-6-14(8-12)21-15(16,17)18;/h2,4,6,8,11,13H,3,5,7,9-10,19H2,1H3;1H. The topological polar surface area (TPSA) is 38.5 Å². The van der Waals surface area contributed by atoms with Crippen molar-refractivity contribution in [3.63, 3.8) is 0 Å². The van der Waals surface area contributed by atoms with Gasteiger partial charge in [0.1, 0.15) is 5.75 Å². The lowest BCUT2D eigenvalue weighted by Crippen LogP contribution is -2.41. The van der Waals surface area contributed by atoms with Gasteiger partial charge >= 0.3 is 6.36 Å². The van der Waals surface area contributed by atoms with Crippen LogP contribution in [-0.4, -0.2) is 30.4 Å². The highest BCUT2D eigenvalue weighted by Crippen LogP contribution is 2.25. The molecule has 2 rings (SSSR count). The number of nitrogens with zero attached hydrogens (tertiary/aromatic N) is 1. The van der Waals surface area contributed by atoms with Crippen LogP contribution in [0, 0.1) is 5.92 Å². The van der Waals surface area contributed by atoms with Gasteiger partial charge in [-0.25, -0.2) is 0 Å². The Hall–Kier alpha value is -0.980. The molecule has 126 valence electrons. The molecule has 0 amide bonds. The molecular formula is C15H22ClF3N2O. The van der Waals surface area contributed by atoms with E-state index in [4.69, 9.17) is 5.73 Å². The highest BCUT2D eigenvalue weighted by atomic mass is 35.5. The third kappa shape index (κ3) is 6.02. The van der Waals surface area contributed by atoms with Crippen LogP contribution in [0.15, 0.2) is 24.3 Å². The summed E-state index contributed by atoms with van der Waals surface area (Å²) in [7, 11) is 0. The maximum absolute atomic E-state index is 12.2. The molecule has 2 unspecified atom stereocenters. The Bertz CT molecular complexity index is 468. The zero-order chi connectivity index (χ0) is 15.5. The first-order chi connectivity index (χ1) is 9.83. The first-order valence-corrected chi connectivity index (χ1v) is 7.16. The molecular weight excluding hydrogens is 317 g/mol. The molecule has 2 N–H and O–H groups in total. The first kappa shape index (κ1) is 19.1. The van der Waals surface area contributed by atoms with Crippen molar-refractivity contribution in [2.75, 3.05) is 13.1 Å². The van der Waals surface area contributed by atoms with Gasteiger partial charge in [0, 0.05) is 19.1 Å². The molecule has 0 aromatic heterocycles. The summed E-state index contributed by atoms with van der Waals surface area (Å²) in [6, 6.07) is 6.32. The normalized spacial score (nSPS) is 21.0. The van der Waals surface area contributed by atoms with Gasteiger partial charge in [-0.3, -0.25) is 4.90 Å². The molecule has 0 spiro atoms. The molecule has 0 bridgehead atoms. The molecule has 0 saturated carbocycles. The number of hydrogen-bond donors (Lipinski definition) is 1. The van der Waals surface area contributed by atoms with Gasteiger partial charge < -0.3 is 10.5 Å². The van der Waals surface area contributed by atoms with Crippen LogP contribution >= 0.6 is 12.4 Å². The van der Waals surface area contributed by atoms with Gasteiger partial charge in [0.25, 0.3) is 0 Å². The van der Waals surface area contributed by atoms with Crippen LogP contribution in [0.4, 0.5) is 13.2 Å². The Morgan fingerprint density at radius 1 is 1.41 bits per heavy atom. The zero-order valence-corrected chi connectivity index (χ0v) is 13.3. The van der Waals surface area contributed by atoms with Gasteiger partial charge in [-0.05, 0) is 49.9 Å². The lowest BCUT2D eigenvalue weighted by molar-refractivity contribution is -0.274. The maximum atomic E-state index is 12.2. The van der Waals surface area contributed by atoms with E-state index in [0.29, 0.717) is 12.5 Å². The fourth-order valence-electron chi connectivity index (χ4n) is 2.76. The third-order valence-corrected chi connectivity index (χ3v) is 3.82. The van der Waals surface area contributed by atoms with E-state index >= 15 is 0 Å². The van der Waals surface area contributed by atoms with Gasteiger partial charge in [0.05, 0.1) is 0 Å². The number of hydrogen-bond acceptors (Lipinski definition) is 3. The highest BCUT2D eigenvalue weighted by molar-refractivity contribution is 5.85. The molecule has 0 aliphatic carbocycles. The van der Waals surface area contributed by atoms with Crippen LogP contribution in [0.1, 0.15) is 25.3 Å². The lowest BCUT2D eigenvalue weighted by atomic mass is 9.92. The average molecular weight is 339 g/mol. The Morgan fingerprint density at radius 3 is 2.77 bits per heavy atom. The van der Waals surface area contributed by atoms with Crippen molar-refractivity contribution >= 4 is 12.4 Å². The van der Waals surface area contributed by atoms with Crippen LogP contribution in [0.3, 0.4) is 0 Å². The third-order valence-electron chi connectivity index (χ3n) is 3.82. The van der Waals surface area contributed by atoms with E-state index in [1.807, 2.05) is 13.0 Å². The fourth-order valence-corrected chi connectivity index (χ4v) is 2.76. The van der Waals surface area contributed by atoms with Gasteiger partial charge in [0.2, 0.25) is 0 Å². The van der Waals surface area contributed by atoms with E-state index < -0.39 is 6.36 Å². The lowest BCUT2D eigenvalue weighted by Gasteiger charge is -2.34. The maximum Gasteiger partial charge on any atom is 0.573 e. The van der Waals surface area contributed by atoms with E-state index in [2.05, 4.69) is 9.64 Å². The first-order valence-electron chi connectivity index (χ1n) is 7.16. The minimum atomic E-state index is -4.65. The summed E-state index contributed by atoms with van der Waals surface area (Å²) in [5, 5.41) is 0. The summed E-state index contributed by atoms with van der Waals surface area (Å²) < 4.78 is 40.6. The smallest absolute Gasteiger partial charge is 0.406 e. The number of rotatable bonds is 4. The Morgan fingerprint density at radius 2 is 2.14 bits per heavy atom. The van der Waals surface area contributed by atoms with Crippen molar-refractivity contribution in [2.24, 2.45) is 11.7 Å². The van der Waals surface area contributed by atoms with Crippen molar-refractivity contribution in [1.29, 1.82) is 0 Å². The van der Waals surface area contributed by atoms with Crippen molar-refractivity contribution in [2.45, 2.75) is 38.7 Å². The van der Waals surface area contributed by atoms with E-state index in [1.54, 1.807) is 6.07 Å². The largest absolute Gasteiger partial charge is 0.573 e. The Labute approximate surface area is 135 Å². The second-order valence-electron chi connectivity index (χ2n) is 5.69. The molecule has 1 aliphatic rings. The molecule has 2 atom stereocenters. The summed E-state index contributed by atoms with van der Waals surface area (Å²) in [5.41, 5.74) is 6.77. The van der Waals surface area contributed by atoms with Crippen molar-refractivity contribution < 1.29 is 17.9 Å². The number of benzene rings is 1. The minimum Gasteiger partial charge on any atom is -0.406 e. The van der Waals surface area contributed by atoms with Crippen LogP contribution in [0.5, 0.6) is 5.75 Å². The van der Waals surface area contributed by atoms with Gasteiger partial charge in [-0.1, -0.05) is 12.1 Å². The summed E-state index contributed by atoms with van der Waals surface area (Å²) >= 11 is 0. The van der Waals surface area contributed by atoms with Crippen molar-refractivity contribution in [3.8, 4) is 5.75 Å². The SMILES string of the molecule is CC(N)C1CCCN(Cc2cccc(OC(F)(F)F)c2)C1.Cl. The molecule has 1 aromatic rings. The molecule has 22 heavy (non-hydrogen) atoms. The summed E-state index contributed by atoms with van der Waals surface area (Å²) in [5.74, 6) is 0.286. The summed E-state index contributed by atoms with van der Waals surface area (Å²) in [6.07, 6.45) is -2.46. The van der Waals surface area contributed by atoms with Crippen LogP contribution < -0.4 is 10.5 Å². The number of likely N-dealkylation sites (tertiary alicyclic amines) is 1. The molecule has 1 heterocycles.